The van der Waals surface area contributed by atoms with Crippen molar-refractivity contribution in [3.63, 3.8) is 0 Å². The molecule has 0 saturated heterocycles. The summed E-state index contributed by atoms with van der Waals surface area (Å²) in [6, 6.07) is 18.5. The number of nitrogens with zero attached hydrogens (tertiary/aromatic N) is 2. The van der Waals surface area contributed by atoms with E-state index in [0.29, 0.717) is 29.8 Å². The fourth-order valence-electron chi connectivity index (χ4n) is 4.94. The second-order valence-corrected chi connectivity index (χ2v) is 8.14. The van der Waals surface area contributed by atoms with Crippen LogP contribution in [-0.4, -0.2) is 28.3 Å². The molecular formula is C25H23N3O3. The third-order valence-corrected chi connectivity index (χ3v) is 6.56. The van der Waals surface area contributed by atoms with E-state index < -0.39 is 17.0 Å². The second kappa shape index (κ2) is 7.03. The first-order valence-electron chi connectivity index (χ1n) is 10.4. The molecule has 2 aliphatic heterocycles. The zero-order chi connectivity index (χ0) is 21.6. The molecule has 3 heterocycles. The van der Waals surface area contributed by atoms with Gasteiger partial charge in [0.2, 0.25) is 0 Å². The van der Waals surface area contributed by atoms with Crippen LogP contribution in [0, 0.1) is 0 Å². The molecule has 0 aliphatic carbocycles. The van der Waals surface area contributed by atoms with E-state index in [1.165, 1.54) is 6.20 Å². The van der Waals surface area contributed by atoms with Crippen LogP contribution >= 0.6 is 0 Å². The molecule has 2 aromatic carbocycles. The zero-order valence-corrected chi connectivity index (χ0v) is 17.2. The van der Waals surface area contributed by atoms with Crippen molar-refractivity contribution in [3.8, 4) is 0 Å². The Morgan fingerprint density at radius 2 is 1.84 bits per heavy atom. The smallest absolute Gasteiger partial charge is 0.265 e. The fraction of sp³-hybridized carbons (Fsp3) is 0.240. The van der Waals surface area contributed by atoms with Gasteiger partial charge in [-0.15, -0.1) is 0 Å². The molecule has 2 aliphatic rings. The summed E-state index contributed by atoms with van der Waals surface area (Å²) >= 11 is 0. The van der Waals surface area contributed by atoms with Crippen LogP contribution in [0.15, 0.2) is 73.1 Å². The number of fused-ring (bicyclic) bond motifs is 2. The van der Waals surface area contributed by atoms with Gasteiger partial charge in [0.05, 0.1) is 17.6 Å². The lowest BCUT2D eigenvalue weighted by Crippen LogP contribution is -2.53. The van der Waals surface area contributed by atoms with Gasteiger partial charge in [0, 0.05) is 41.3 Å². The first-order valence-corrected chi connectivity index (χ1v) is 10.4. The number of amides is 1. The molecule has 2 atom stereocenters. The standard InChI is InChI=1S/C25H23N3O3/c1-2-24(16-27-20-11-5-3-9-18(20)24)28-21-12-6-4-10-19(21)25(31,23(28)30)14-22(29)17-8-7-13-26-15-17/h3-13,15,27,31H,2,14,16H2,1H3. The summed E-state index contributed by atoms with van der Waals surface area (Å²) in [7, 11) is 0. The molecule has 3 aromatic rings. The highest BCUT2D eigenvalue weighted by molar-refractivity contribution is 6.12. The molecule has 0 bridgehead atoms. The fourth-order valence-corrected chi connectivity index (χ4v) is 4.94. The lowest BCUT2D eigenvalue weighted by Gasteiger charge is -2.39. The number of Topliss-reactive ketones (excluding diaryl/α,β-unsaturated/α-hetero) is 1. The van der Waals surface area contributed by atoms with Gasteiger partial charge in [-0.05, 0) is 30.7 Å². The van der Waals surface area contributed by atoms with Crippen molar-refractivity contribution < 1.29 is 14.7 Å². The number of aliphatic hydroxyl groups is 1. The maximum atomic E-state index is 13.9. The van der Waals surface area contributed by atoms with Crippen molar-refractivity contribution >= 4 is 23.1 Å². The van der Waals surface area contributed by atoms with Gasteiger partial charge in [0.25, 0.3) is 5.91 Å². The van der Waals surface area contributed by atoms with Gasteiger partial charge in [-0.2, -0.15) is 0 Å². The summed E-state index contributed by atoms with van der Waals surface area (Å²) in [5.74, 6) is -0.789. The number of hydrogen-bond acceptors (Lipinski definition) is 5. The Bertz CT molecular complexity index is 1180. The van der Waals surface area contributed by atoms with E-state index in [9.17, 15) is 14.7 Å². The predicted octanol–water partition coefficient (Wildman–Crippen LogP) is 3.62. The van der Waals surface area contributed by atoms with Gasteiger partial charge in [-0.1, -0.05) is 43.3 Å². The van der Waals surface area contributed by atoms with Crippen LogP contribution in [0.2, 0.25) is 0 Å². The zero-order valence-electron chi connectivity index (χ0n) is 17.2. The Labute approximate surface area is 180 Å². The van der Waals surface area contributed by atoms with Gasteiger partial charge < -0.3 is 10.4 Å². The van der Waals surface area contributed by atoms with E-state index in [4.69, 9.17) is 0 Å². The third-order valence-electron chi connectivity index (χ3n) is 6.56. The highest BCUT2D eigenvalue weighted by atomic mass is 16.3. The summed E-state index contributed by atoms with van der Waals surface area (Å²) < 4.78 is 0. The number of para-hydroxylation sites is 2. The molecule has 1 amide bonds. The molecule has 0 fully saturated rings. The minimum atomic E-state index is -1.93. The maximum absolute atomic E-state index is 13.9. The minimum Gasteiger partial charge on any atom is -0.382 e. The quantitative estimate of drug-likeness (QED) is 0.625. The number of nitrogens with one attached hydrogen (secondary N) is 1. The number of aromatic nitrogens is 1. The largest absolute Gasteiger partial charge is 0.382 e. The van der Waals surface area contributed by atoms with Crippen LogP contribution in [0.5, 0.6) is 0 Å². The van der Waals surface area contributed by atoms with Gasteiger partial charge in [-0.25, -0.2) is 0 Å². The Balaban J connectivity index is 1.62. The van der Waals surface area contributed by atoms with Crippen LogP contribution in [0.3, 0.4) is 0 Å². The average molecular weight is 413 g/mol. The van der Waals surface area contributed by atoms with Crippen LogP contribution in [0.1, 0.15) is 41.3 Å². The van der Waals surface area contributed by atoms with Gasteiger partial charge in [0.1, 0.15) is 0 Å². The molecule has 31 heavy (non-hydrogen) atoms. The molecule has 6 heteroatoms. The van der Waals surface area contributed by atoms with Crippen LogP contribution < -0.4 is 10.2 Å². The molecule has 156 valence electrons. The van der Waals surface area contributed by atoms with Crippen molar-refractivity contribution in [2.45, 2.75) is 30.9 Å². The highest BCUT2D eigenvalue weighted by Gasteiger charge is 2.58. The summed E-state index contributed by atoms with van der Waals surface area (Å²) in [6.07, 6.45) is 3.36. The number of pyridine rings is 1. The van der Waals surface area contributed by atoms with Gasteiger partial charge in [0.15, 0.2) is 11.4 Å². The van der Waals surface area contributed by atoms with Gasteiger partial charge in [-0.3, -0.25) is 19.5 Å². The summed E-state index contributed by atoms with van der Waals surface area (Å²) in [4.78, 5) is 32.5. The molecule has 2 N–H and O–H groups in total. The molecule has 0 saturated carbocycles. The Morgan fingerprint density at radius 1 is 1.10 bits per heavy atom. The summed E-state index contributed by atoms with van der Waals surface area (Å²) in [5.41, 5.74) is 0.913. The van der Waals surface area contributed by atoms with E-state index in [1.807, 2.05) is 43.3 Å². The SMILES string of the molecule is CCC1(N2C(=O)C(O)(CC(=O)c3cccnc3)c3ccccc32)CNc2ccccc21. The van der Waals surface area contributed by atoms with E-state index in [-0.39, 0.29) is 12.2 Å². The van der Waals surface area contributed by atoms with Crippen molar-refractivity contribution in [2.75, 3.05) is 16.8 Å². The Hall–Kier alpha value is -3.51. The van der Waals surface area contributed by atoms with Crippen molar-refractivity contribution in [1.29, 1.82) is 0 Å². The molecule has 2 unspecified atom stereocenters. The number of benzene rings is 2. The lowest BCUT2D eigenvalue weighted by atomic mass is 9.86. The number of rotatable bonds is 5. The van der Waals surface area contributed by atoms with Crippen molar-refractivity contribution in [1.82, 2.24) is 4.98 Å². The second-order valence-electron chi connectivity index (χ2n) is 8.14. The van der Waals surface area contributed by atoms with Crippen LogP contribution in [0.25, 0.3) is 0 Å². The monoisotopic (exact) mass is 413 g/mol. The molecule has 0 spiro atoms. The van der Waals surface area contributed by atoms with Crippen LogP contribution in [-0.2, 0) is 15.9 Å². The van der Waals surface area contributed by atoms with Crippen molar-refractivity contribution in [2.24, 2.45) is 0 Å². The Kier molecular flexibility index (Phi) is 4.41. The molecular weight excluding hydrogens is 390 g/mol. The lowest BCUT2D eigenvalue weighted by molar-refractivity contribution is -0.137. The van der Waals surface area contributed by atoms with Crippen LogP contribution in [0.4, 0.5) is 11.4 Å². The number of anilines is 2. The summed E-state index contributed by atoms with van der Waals surface area (Å²) in [5, 5.41) is 15.1. The van der Waals surface area contributed by atoms with E-state index >= 15 is 0 Å². The number of hydrogen-bond donors (Lipinski definition) is 2. The summed E-state index contributed by atoms with van der Waals surface area (Å²) in [6.45, 7) is 2.58. The minimum absolute atomic E-state index is 0.323. The predicted molar refractivity (Wildman–Crippen MR) is 118 cm³/mol. The maximum Gasteiger partial charge on any atom is 0.265 e. The first-order chi connectivity index (χ1) is 15.0. The van der Waals surface area contributed by atoms with Gasteiger partial charge >= 0.3 is 0 Å². The topological polar surface area (TPSA) is 82.5 Å². The molecule has 6 nitrogen and oxygen atoms in total. The van der Waals surface area contributed by atoms with E-state index in [2.05, 4.69) is 10.3 Å². The number of ketones is 1. The Morgan fingerprint density at radius 3 is 2.58 bits per heavy atom. The number of carbonyl (C=O) groups excluding carboxylic acids is 2. The number of carbonyl (C=O) groups is 2. The van der Waals surface area contributed by atoms with Crippen molar-refractivity contribution in [3.05, 3.63) is 89.7 Å². The normalized spacial score (nSPS) is 23.9. The highest BCUT2D eigenvalue weighted by Crippen LogP contribution is 2.52. The molecule has 1 aromatic heterocycles. The molecule has 5 rings (SSSR count). The average Bonchev–Trinajstić information content (AvgIpc) is 3.29. The first kappa shape index (κ1) is 19.5. The van der Waals surface area contributed by atoms with E-state index in [1.54, 1.807) is 35.4 Å². The third kappa shape index (κ3) is 2.72. The molecule has 0 radical (unpaired) electrons. The van der Waals surface area contributed by atoms with E-state index in [0.717, 1.165) is 11.3 Å².